The molecule has 6 heteroatoms. The fraction of sp³-hybridized carbons (Fsp3) is 0.333. The minimum atomic E-state index is -0.639. The van der Waals surface area contributed by atoms with Crippen LogP contribution in [0.4, 0.5) is 5.69 Å². The number of hydrogen-bond acceptors (Lipinski definition) is 5. The number of ether oxygens (including phenoxy) is 2. The molecule has 0 amide bonds. The smallest absolute Gasteiger partial charge is 0.341 e. The Morgan fingerprint density at radius 1 is 1.11 bits per heavy atom. The van der Waals surface area contributed by atoms with E-state index in [4.69, 9.17) is 15.2 Å². The van der Waals surface area contributed by atoms with Crippen LogP contribution in [0.5, 0.6) is 0 Å². The molecular formula is C12H14BrNO4. The molecule has 0 aromatic heterocycles. The highest BCUT2D eigenvalue weighted by atomic mass is 79.9. The summed E-state index contributed by atoms with van der Waals surface area (Å²) in [5.74, 6) is -1.25. The van der Waals surface area contributed by atoms with Gasteiger partial charge in [0.1, 0.15) is 0 Å². The third-order valence-electron chi connectivity index (χ3n) is 2.15. The highest BCUT2D eigenvalue weighted by Gasteiger charge is 2.24. The summed E-state index contributed by atoms with van der Waals surface area (Å²) in [5, 5.41) is 0. The molecule has 0 heterocycles. The molecule has 98 valence electrons. The molecule has 0 spiro atoms. The highest BCUT2D eigenvalue weighted by molar-refractivity contribution is 9.10. The lowest BCUT2D eigenvalue weighted by Gasteiger charge is -2.12. The zero-order valence-corrected chi connectivity index (χ0v) is 11.7. The van der Waals surface area contributed by atoms with Gasteiger partial charge < -0.3 is 15.2 Å². The molecule has 0 radical (unpaired) electrons. The van der Waals surface area contributed by atoms with Crippen LogP contribution in [0.1, 0.15) is 34.6 Å². The van der Waals surface area contributed by atoms with E-state index in [9.17, 15) is 9.59 Å². The van der Waals surface area contributed by atoms with Gasteiger partial charge in [-0.15, -0.1) is 0 Å². The Morgan fingerprint density at radius 2 is 1.61 bits per heavy atom. The van der Waals surface area contributed by atoms with E-state index < -0.39 is 11.9 Å². The van der Waals surface area contributed by atoms with Gasteiger partial charge in [0.05, 0.1) is 24.3 Å². The lowest BCUT2D eigenvalue weighted by molar-refractivity contribution is 0.0479. The van der Waals surface area contributed by atoms with E-state index in [2.05, 4.69) is 15.9 Å². The molecule has 5 nitrogen and oxygen atoms in total. The first-order valence-corrected chi connectivity index (χ1v) is 6.24. The van der Waals surface area contributed by atoms with Gasteiger partial charge in [0.2, 0.25) is 0 Å². The Balaban J connectivity index is 3.33. The van der Waals surface area contributed by atoms with E-state index in [-0.39, 0.29) is 30.0 Å². The van der Waals surface area contributed by atoms with Crippen LogP contribution in [0.2, 0.25) is 0 Å². The first-order chi connectivity index (χ1) is 8.52. The molecule has 0 bridgehead atoms. The van der Waals surface area contributed by atoms with Crippen LogP contribution in [0, 0.1) is 0 Å². The fourth-order valence-electron chi connectivity index (χ4n) is 1.42. The van der Waals surface area contributed by atoms with Crippen LogP contribution in [0.3, 0.4) is 0 Å². The first-order valence-electron chi connectivity index (χ1n) is 5.45. The van der Waals surface area contributed by atoms with Crippen molar-refractivity contribution in [1.29, 1.82) is 0 Å². The maximum absolute atomic E-state index is 11.8. The Morgan fingerprint density at radius 3 is 2.11 bits per heavy atom. The molecule has 0 atom stereocenters. The monoisotopic (exact) mass is 315 g/mol. The molecule has 18 heavy (non-hydrogen) atoms. The number of nitrogens with two attached hydrogens (primary N) is 1. The van der Waals surface area contributed by atoms with E-state index >= 15 is 0 Å². The quantitative estimate of drug-likeness (QED) is 0.681. The number of carbonyl (C=O) groups excluding carboxylic acids is 2. The number of hydrogen-bond donors (Lipinski definition) is 1. The molecular weight excluding hydrogens is 302 g/mol. The number of rotatable bonds is 4. The molecule has 0 aliphatic heterocycles. The average Bonchev–Trinajstić information content (AvgIpc) is 2.32. The predicted octanol–water partition coefficient (Wildman–Crippen LogP) is 2.38. The zero-order chi connectivity index (χ0) is 13.7. The summed E-state index contributed by atoms with van der Waals surface area (Å²) in [5.41, 5.74) is 6.03. The van der Waals surface area contributed by atoms with Gasteiger partial charge in [0.15, 0.2) is 0 Å². The number of anilines is 1. The maximum Gasteiger partial charge on any atom is 0.341 e. The van der Waals surface area contributed by atoms with E-state index in [0.717, 1.165) is 0 Å². The van der Waals surface area contributed by atoms with Gasteiger partial charge in [-0.05, 0) is 41.9 Å². The van der Waals surface area contributed by atoms with Crippen LogP contribution in [0.25, 0.3) is 0 Å². The molecule has 0 aliphatic carbocycles. The van der Waals surface area contributed by atoms with Crippen molar-refractivity contribution < 1.29 is 19.1 Å². The summed E-state index contributed by atoms with van der Waals surface area (Å²) < 4.78 is 10.2. The van der Waals surface area contributed by atoms with E-state index in [1.165, 1.54) is 6.07 Å². The standard InChI is InChI=1S/C12H14BrNO4/c1-3-17-11(15)9-7(13)5-6-8(14)10(9)12(16)18-4-2/h5-6H,3-4,14H2,1-2H3. The van der Waals surface area contributed by atoms with Gasteiger partial charge >= 0.3 is 11.9 Å². The van der Waals surface area contributed by atoms with Crippen molar-refractivity contribution >= 4 is 33.6 Å². The number of nitrogen functional groups attached to an aromatic ring is 1. The van der Waals surface area contributed by atoms with Crippen molar-refractivity contribution in [2.45, 2.75) is 13.8 Å². The normalized spacial score (nSPS) is 9.94. The van der Waals surface area contributed by atoms with E-state index in [1.54, 1.807) is 19.9 Å². The Bertz CT molecular complexity index is 430. The van der Waals surface area contributed by atoms with Gasteiger partial charge in [0.25, 0.3) is 0 Å². The van der Waals surface area contributed by atoms with Crippen molar-refractivity contribution in [2.24, 2.45) is 0 Å². The van der Waals surface area contributed by atoms with Crippen LogP contribution in [-0.2, 0) is 9.47 Å². The summed E-state index contributed by atoms with van der Waals surface area (Å²) in [4.78, 5) is 23.6. The Kier molecular flexibility index (Phi) is 5.15. The molecule has 0 saturated heterocycles. The van der Waals surface area contributed by atoms with Gasteiger partial charge in [-0.3, -0.25) is 0 Å². The predicted molar refractivity (Wildman–Crippen MR) is 70.5 cm³/mol. The Labute approximate surface area is 113 Å². The minimum Gasteiger partial charge on any atom is -0.462 e. The fourth-order valence-corrected chi connectivity index (χ4v) is 1.91. The van der Waals surface area contributed by atoms with Gasteiger partial charge in [0, 0.05) is 10.2 Å². The second kappa shape index (κ2) is 6.39. The summed E-state index contributed by atoms with van der Waals surface area (Å²) in [6.07, 6.45) is 0. The topological polar surface area (TPSA) is 78.6 Å². The zero-order valence-electron chi connectivity index (χ0n) is 10.2. The van der Waals surface area contributed by atoms with Crippen molar-refractivity contribution in [1.82, 2.24) is 0 Å². The molecule has 1 rings (SSSR count). The van der Waals surface area contributed by atoms with Crippen LogP contribution in [0.15, 0.2) is 16.6 Å². The van der Waals surface area contributed by atoms with Crippen molar-refractivity contribution in [3.63, 3.8) is 0 Å². The molecule has 1 aromatic rings. The van der Waals surface area contributed by atoms with Gasteiger partial charge in [-0.1, -0.05) is 0 Å². The van der Waals surface area contributed by atoms with Crippen molar-refractivity contribution in [2.75, 3.05) is 18.9 Å². The lowest BCUT2D eigenvalue weighted by Crippen LogP contribution is -2.17. The van der Waals surface area contributed by atoms with Crippen molar-refractivity contribution in [3.8, 4) is 0 Å². The largest absolute Gasteiger partial charge is 0.462 e. The average molecular weight is 316 g/mol. The summed E-state index contributed by atoms with van der Waals surface area (Å²) in [7, 11) is 0. The molecule has 2 N–H and O–H groups in total. The van der Waals surface area contributed by atoms with E-state index in [1.807, 2.05) is 0 Å². The third-order valence-corrected chi connectivity index (χ3v) is 2.81. The summed E-state index contributed by atoms with van der Waals surface area (Å²) in [6, 6.07) is 3.11. The highest BCUT2D eigenvalue weighted by Crippen LogP contribution is 2.27. The molecule has 1 aromatic carbocycles. The number of esters is 2. The lowest BCUT2D eigenvalue weighted by atomic mass is 10.1. The number of carbonyl (C=O) groups is 2. The van der Waals surface area contributed by atoms with Crippen LogP contribution >= 0.6 is 15.9 Å². The molecule has 0 aliphatic rings. The van der Waals surface area contributed by atoms with Gasteiger partial charge in [-0.25, -0.2) is 9.59 Å². The number of halogens is 1. The van der Waals surface area contributed by atoms with Gasteiger partial charge in [-0.2, -0.15) is 0 Å². The summed E-state index contributed by atoms with van der Waals surface area (Å²) in [6.45, 7) is 3.77. The molecule has 0 unspecified atom stereocenters. The summed E-state index contributed by atoms with van der Waals surface area (Å²) >= 11 is 3.21. The second-order valence-electron chi connectivity index (χ2n) is 3.33. The number of benzene rings is 1. The third kappa shape index (κ3) is 3.01. The maximum atomic E-state index is 11.8. The van der Waals surface area contributed by atoms with E-state index in [0.29, 0.717) is 4.47 Å². The Hall–Kier alpha value is -1.56. The molecule has 0 fully saturated rings. The minimum absolute atomic E-state index is 0.0321. The van der Waals surface area contributed by atoms with Crippen LogP contribution in [-0.4, -0.2) is 25.2 Å². The molecule has 0 saturated carbocycles. The van der Waals surface area contributed by atoms with Crippen LogP contribution < -0.4 is 5.73 Å². The van der Waals surface area contributed by atoms with Crippen molar-refractivity contribution in [3.05, 3.63) is 27.7 Å². The second-order valence-corrected chi connectivity index (χ2v) is 4.18. The SMILES string of the molecule is CCOC(=O)c1c(N)ccc(Br)c1C(=O)OCC. The first kappa shape index (κ1) is 14.5.